The molecular weight excluding hydrogens is 152 g/mol. The molecule has 1 radical (unpaired) electrons. The number of nitrogens with one attached hydrogen (secondary N) is 1. The first-order valence-electron chi connectivity index (χ1n) is 3.67. The van der Waals surface area contributed by atoms with Gasteiger partial charge in [-0.05, 0) is 17.7 Å². The Morgan fingerprint density at radius 3 is 3.25 bits per heavy atom. The number of aromatic nitrogens is 2. The van der Waals surface area contributed by atoms with Gasteiger partial charge in [0.2, 0.25) is 6.29 Å². The molecule has 1 aromatic heterocycles. The molecule has 0 saturated heterocycles. The highest BCUT2D eigenvalue weighted by molar-refractivity contribution is 5.76. The minimum absolute atomic E-state index is 0.342. The highest BCUT2D eigenvalue weighted by atomic mass is 16.1. The van der Waals surface area contributed by atoms with Gasteiger partial charge in [-0.3, -0.25) is 4.79 Å². The van der Waals surface area contributed by atoms with Gasteiger partial charge in [0, 0.05) is 6.42 Å². The highest BCUT2D eigenvalue weighted by Crippen LogP contribution is 2.11. The van der Waals surface area contributed by atoms with Crippen molar-refractivity contribution in [2.24, 2.45) is 0 Å². The molecule has 3 heteroatoms. The standard InChI is InChI=1S/C9H7N2O/c12-4-3-7-1-2-8-9(5-7)11-6-10-8/h1-2,5-6H,3H2,(H,10,11). The minimum atomic E-state index is 0.342. The van der Waals surface area contributed by atoms with E-state index in [1.165, 1.54) is 0 Å². The molecule has 12 heavy (non-hydrogen) atoms. The smallest absolute Gasteiger partial charge is 0.203 e. The van der Waals surface area contributed by atoms with E-state index in [0.717, 1.165) is 16.6 Å². The fourth-order valence-corrected chi connectivity index (χ4v) is 1.18. The van der Waals surface area contributed by atoms with Crippen molar-refractivity contribution in [1.29, 1.82) is 0 Å². The van der Waals surface area contributed by atoms with Crippen molar-refractivity contribution >= 4 is 17.3 Å². The molecule has 1 N–H and O–H groups in total. The number of H-pyrrole nitrogens is 1. The Morgan fingerprint density at radius 1 is 1.50 bits per heavy atom. The van der Waals surface area contributed by atoms with Gasteiger partial charge in [-0.15, -0.1) is 0 Å². The third-order valence-corrected chi connectivity index (χ3v) is 1.76. The Labute approximate surface area is 69.4 Å². The molecule has 0 amide bonds. The molecular formula is C9H7N2O. The van der Waals surface area contributed by atoms with Crippen LogP contribution < -0.4 is 0 Å². The molecule has 2 rings (SSSR count). The summed E-state index contributed by atoms with van der Waals surface area (Å²) in [7, 11) is 0. The zero-order valence-corrected chi connectivity index (χ0v) is 6.37. The summed E-state index contributed by atoms with van der Waals surface area (Å²) in [5.41, 5.74) is 2.84. The number of hydrogen-bond donors (Lipinski definition) is 1. The van der Waals surface area contributed by atoms with Crippen LogP contribution in [-0.2, 0) is 11.2 Å². The molecule has 0 aliphatic heterocycles. The zero-order valence-electron chi connectivity index (χ0n) is 6.37. The third kappa shape index (κ3) is 1.09. The maximum absolute atomic E-state index is 10.1. The summed E-state index contributed by atoms with van der Waals surface area (Å²) in [5, 5.41) is 0. The lowest BCUT2D eigenvalue weighted by atomic mass is 10.1. The molecule has 3 nitrogen and oxygen atoms in total. The van der Waals surface area contributed by atoms with Crippen LogP contribution in [0.5, 0.6) is 0 Å². The van der Waals surface area contributed by atoms with Crippen LogP contribution in [0.25, 0.3) is 11.0 Å². The third-order valence-electron chi connectivity index (χ3n) is 1.76. The highest BCUT2D eigenvalue weighted by Gasteiger charge is 1.97. The second kappa shape index (κ2) is 2.77. The number of hydrogen-bond acceptors (Lipinski definition) is 2. The van der Waals surface area contributed by atoms with Crippen molar-refractivity contribution in [3.63, 3.8) is 0 Å². The number of carbonyl (C=O) groups excluding carboxylic acids is 1. The Bertz CT molecular complexity index is 406. The van der Waals surface area contributed by atoms with Crippen LogP contribution in [0.15, 0.2) is 24.5 Å². The topological polar surface area (TPSA) is 45.8 Å². The van der Waals surface area contributed by atoms with Gasteiger partial charge in [0.15, 0.2) is 0 Å². The van der Waals surface area contributed by atoms with Crippen molar-refractivity contribution in [3.05, 3.63) is 30.1 Å². The molecule has 0 bridgehead atoms. The second-order valence-electron chi connectivity index (χ2n) is 2.58. The number of aromatic amines is 1. The Balaban J connectivity index is 2.52. The minimum Gasteiger partial charge on any atom is -0.345 e. The summed E-state index contributed by atoms with van der Waals surface area (Å²) in [6.45, 7) is 0. The maximum atomic E-state index is 10.1. The number of imidazole rings is 1. The first-order valence-corrected chi connectivity index (χ1v) is 3.67. The quantitative estimate of drug-likeness (QED) is 0.716. The molecule has 2 aromatic rings. The molecule has 0 atom stereocenters. The Hall–Kier alpha value is -1.64. The van der Waals surface area contributed by atoms with E-state index in [1.807, 2.05) is 24.5 Å². The van der Waals surface area contributed by atoms with Crippen LogP contribution in [-0.4, -0.2) is 16.3 Å². The van der Waals surface area contributed by atoms with Crippen LogP contribution >= 0.6 is 0 Å². The van der Waals surface area contributed by atoms with Crippen LogP contribution in [0.1, 0.15) is 5.56 Å². The number of rotatable bonds is 2. The fraction of sp³-hybridized carbons (Fsp3) is 0.111. The lowest BCUT2D eigenvalue weighted by Crippen LogP contribution is -1.84. The van der Waals surface area contributed by atoms with E-state index >= 15 is 0 Å². The SMILES string of the molecule is O=[C]Cc1ccc2nc[nH]c2c1. The van der Waals surface area contributed by atoms with E-state index < -0.39 is 0 Å². The van der Waals surface area contributed by atoms with Gasteiger partial charge in [0.25, 0.3) is 0 Å². The van der Waals surface area contributed by atoms with Crippen LogP contribution in [0.3, 0.4) is 0 Å². The van der Waals surface area contributed by atoms with Crippen LogP contribution in [0.2, 0.25) is 0 Å². The van der Waals surface area contributed by atoms with Gasteiger partial charge in [0.05, 0.1) is 17.4 Å². The normalized spacial score (nSPS) is 10.3. The van der Waals surface area contributed by atoms with Gasteiger partial charge in [-0.2, -0.15) is 0 Å². The molecule has 0 aliphatic rings. The van der Waals surface area contributed by atoms with E-state index in [4.69, 9.17) is 0 Å². The molecule has 1 heterocycles. The van der Waals surface area contributed by atoms with Gasteiger partial charge < -0.3 is 4.98 Å². The average Bonchev–Trinajstić information content (AvgIpc) is 2.51. The van der Waals surface area contributed by atoms with Gasteiger partial charge >= 0.3 is 0 Å². The van der Waals surface area contributed by atoms with Crippen molar-refractivity contribution < 1.29 is 4.79 Å². The number of benzene rings is 1. The zero-order chi connectivity index (χ0) is 8.39. The van der Waals surface area contributed by atoms with E-state index in [1.54, 1.807) is 6.33 Å². The van der Waals surface area contributed by atoms with Crippen molar-refractivity contribution in [3.8, 4) is 0 Å². The van der Waals surface area contributed by atoms with Crippen LogP contribution in [0, 0.1) is 0 Å². The molecule has 0 saturated carbocycles. The van der Waals surface area contributed by atoms with Gasteiger partial charge in [-0.1, -0.05) is 6.07 Å². The summed E-state index contributed by atoms with van der Waals surface area (Å²) in [4.78, 5) is 17.1. The van der Waals surface area contributed by atoms with Gasteiger partial charge in [-0.25, -0.2) is 4.98 Å². The predicted molar refractivity (Wildman–Crippen MR) is 45.5 cm³/mol. The predicted octanol–water partition coefficient (Wildman–Crippen LogP) is 1.22. The molecule has 1 aromatic carbocycles. The Kier molecular flexibility index (Phi) is 1.63. The second-order valence-corrected chi connectivity index (χ2v) is 2.58. The first kappa shape index (κ1) is 7.03. The van der Waals surface area contributed by atoms with Gasteiger partial charge in [0.1, 0.15) is 0 Å². The number of nitrogens with zero attached hydrogens (tertiary/aromatic N) is 1. The maximum Gasteiger partial charge on any atom is 0.203 e. The summed E-state index contributed by atoms with van der Waals surface area (Å²) >= 11 is 0. The van der Waals surface area contributed by atoms with Crippen molar-refractivity contribution in [2.75, 3.05) is 0 Å². The first-order chi connectivity index (χ1) is 5.90. The van der Waals surface area contributed by atoms with E-state index in [2.05, 4.69) is 9.97 Å². The molecule has 0 fully saturated rings. The Morgan fingerprint density at radius 2 is 2.42 bits per heavy atom. The van der Waals surface area contributed by atoms with E-state index in [9.17, 15) is 4.79 Å². The monoisotopic (exact) mass is 159 g/mol. The lowest BCUT2D eigenvalue weighted by molar-refractivity contribution is 0.555. The van der Waals surface area contributed by atoms with Crippen molar-refractivity contribution in [2.45, 2.75) is 6.42 Å². The molecule has 0 aliphatic carbocycles. The van der Waals surface area contributed by atoms with Crippen molar-refractivity contribution in [1.82, 2.24) is 9.97 Å². The lowest BCUT2D eigenvalue weighted by Gasteiger charge is -1.92. The molecule has 0 unspecified atom stereocenters. The van der Waals surface area contributed by atoms with E-state index in [0.29, 0.717) is 6.42 Å². The summed E-state index contributed by atoms with van der Waals surface area (Å²) in [5.74, 6) is 0. The largest absolute Gasteiger partial charge is 0.345 e. The average molecular weight is 159 g/mol. The number of fused-ring (bicyclic) bond motifs is 1. The summed E-state index contributed by atoms with van der Waals surface area (Å²) < 4.78 is 0. The fourth-order valence-electron chi connectivity index (χ4n) is 1.18. The summed E-state index contributed by atoms with van der Waals surface area (Å²) in [6.07, 6.45) is 3.84. The summed E-state index contributed by atoms with van der Waals surface area (Å²) in [6, 6.07) is 5.68. The molecule has 0 spiro atoms. The van der Waals surface area contributed by atoms with Crippen LogP contribution in [0.4, 0.5) is 0 Å². The molecule has 59 valence electrons. The van der Waals surface area contributed by atoms with E-state index in [-0.39, 0.29) is 0 Å².